The average molecular weight is 371 g/mol. The van der Waals surface area contributed by atoms with E-state index >= 15 is 0 Å². The number of nitrogens with zero attached hydrogens (tertiary/aromatic N) is 1. The van der Waals surface area contributed by atoms with Crippen LogP contribution >= 0.6 is 0 Å². The van der Waals surface area contributed by atoms with E-state index in [1.807, 2.05) is 13.0 Å². The molecular formula is C19H33NO6. The first kappa shape index (κ1) is 22.4. The number of ether oxygens (including phenoxy) is 2. The third-order valence-corrected chi connectivity index (χ3v) is 3.90. The van der Waals surface area contributed by atoms with Gasteiger partial charge in [0, 0.05) is 5.92 Å². The molecule has 150 valence electrons. The van der Waals surface area contributed by atoms with Crippen molar-refractivity contribution in [3.63, 3.8) is 0 Å². The van der Waals surface area contributed by atoms with Gasteiger partial charge in [-0.1, -0.05) is 12.2 Å². The smallest absolute Gasteiger partial charge is 0.411 e. The zero-order valence-electron chi connectivity index (χ0n) is 16.9. The van der Waals surface area contributed by atoms with Gasteiger partial charge < -0.3 is 19.7 Å². The third kappa shape index (κ3) is 5.99. The summed E-state index contributed by atoms with van der Waals surface area (Å²) in [6, 6.07) is -1.67. The van der Waals surface area contributed by atoms with Gasteiger partial charge in [-0.15, -0.1) is 0 Å². The number of esters is 1. The molecule has 4 atom stereocenters. The maximum atomic E-state index is 12.8. The molecule has 1 rings (SSSR count). The van der Waals surface area contributed by atoms with Gasteiger partial charge in [0.15, 0.2) is 0 Å². The van der Waals surface area contributed by atoms with E-state index in [9.17, 15) is 19.8 Å². The van der Waals surface area contributed by atoms with E-state index in [2.05, 4.69) is 0 Å². The van der Waals surface area contributed by atoms with Crippen LogP contribution in [0.3, 0.4) is 0 Å². The Morgan fingerprint density at radius 2 is 1.69 bits per heavy atom. The minimum absolute atomic E-state index is 0.292. The normalized spacial score (nSPS) is 25.4. The molecule has 7 heteroatoms. The summed E-state index contributed by atoms with van der Waals surface area (Å²) in [6.07, 6.45) is 2.01. The van der Waals surface area contributed by atoms with Crippen LogP contribution in [0, 0.1) is 5.92 Å². The summed E-state index contributed by atoms with van der Waals surface area (Å²) in [6.45, 7) is 11.7. The van der Waals surface area contributed by atoms with Crippen molar-refractivity contribution in [2.75, 3.05) is 6.61 Å². The van der Waals surface area contributed by atoms with Crippen molar-refractivity contribution < 1.29 is 29.3 Å². The first-order valence-corrected chi connectivity index (χ1v) is 8.96. The van der Waals surface area contributed by atoms with Gasteiger partial charge in [0.2, 0.25) is 0 Å². The number of carbonyl (C=O) groups is 2. The molecule has 1 fully saturated rings. The summed E-state index contributed by atoms with van der Waals surface area (Å²) < 4.78 is 10.9. The first-order chi connectivity index (χ1) is 11.8. The molecule has 0 radical (unpaired) electrons. The Morgan fingerprint density at radius 1 is 1.15 bits per heavy atom. The highest BCUT2D eigenvalue weighted by atomic mass is 16.6. The van der Waals surface area contributed by atoms with Crippen LogP contribution in [-0.4, -0.2) is 63.2 Å². The van der Waals surface area contributed by atoms with Crippen LogP contribution in [0.1, 0.15) is 54.9 Å². The van der Waals surface area contributed by atoms with Crippen LogP contribution in [0.4, 0.5) is 4.79 Å². The largest absolute Gasteiger partial charge is 0.458 e. The fourth-order valence-corrected chi connectivity index (χ4v) is 3.09. The van der Waals surface area contributed by atoms with Crippen molar-refractivity contribution in [3.8, 4) is 0 Å². The molecule has 1 aliphatic heterocycles. The average Bonchev–Trinajstić information content (AvgIpc) is 2.83. The van der Waals surface area contributed by atoms with Crippen molar-refractivity contribution in [1.29, 1.82) is 0 Å². The van der Waals surface area contributed by atoms with Gasteiger partial charge in [-0.2, -0.15) is 0 Å². The minimum Gasteiger partial charge on any atom is -0.458 e. The van der Waals surface area contributed by atoms with Crippen molar-refractivity contribution in [3.05, 3.63) is 12.2 Å². The highest BCUT2D eigenvalue weighted by Crippen LogP contribution is 2.35. The molecule has 0 bridgehead atoms. The van der Waals surface area contributed by atoms with E-state index in [1.54, 1.807) is 47.6 Å². The molecule has 0 aromatic heterocycles. The van der Waals surface area contributed by atoms with Crippen molar-refractivity contribution in [2.45, 2.75) is 84.3 Å². The Morgan fingerprint density at radius 3 is 2.12 bits per heavy atom. The summed E-state index contributed by atoms with van der Waals surface area (Å²) in [5, 5.41) is 19.8. The Kier molecular flexibility index (Phi) is 7.24. The summed E-state index contributed by atoms with van der Waals surface area (Å²) in [7, 11) is 0. The van der Waals surface area contributed by atoms with E-state index in [0.717, 1.165) is 0 Å². The summed E-state index contributed by atoms with van der Waals surface area (Å²) in [5.74, 6) is -0.849. The molecule has 1 amide bonds. The number of aliphatic hydroxyl groups excluding tert-OH is 2. The Hall–Kier alpha value is -1.60. The maximum Gasteiger partial charge on any atom is 0.411 e. The van der Waals surface area contributed by atoms with Crippen molar-refractivity contribution in [1.82, 2.24) is 4.90 Å². The van der Waals surface area contributed by atoms with Crippen LogP contribution in [0.25, 0.3) is 0 Å². The maximum absolute atomic E-state index is 12.8. The zero-order valence-corrected chi connectivity index (χ0v) is 16.9. The van der Waals surface area contributed by atoms with Gasteiger partial charge in [0.25, 0.3) is 0 Å². The highest BCUT2D eigenvalue weighted by Gasteiger charge is 2.51. The molecule has 2 N–H and O–H groups in total. The predicted octanol–water partition coefficient (Wildman–Crippen LogP) is 2.25. The first-order valence-electron chi connectivity index (χ1n) is 8.96. The van der Waals surface area contributed by atoms with Crippen LogP contribution < -0.4 is 0 Å². The lowest BCUT2D eigenvalue weighted by Crippen LogP contribution is -2.53. The number of likely N-dealkylation sites (tertiary alicyclic amines) is 1. The van der Waals surface area contributed by atoms with Crippen LogP contribution in [0.5, 0.6) is 0 Å². The van der Waals surface area contributed by atoms with Crippen molar-refractivity contribution in [2.24, 2.45) is 5.92 Å². The van der Waals surface area contributed by atoms with E-state index < -0.39 is 48.1 Å². The Balaban J connectivity index is 3.27. The second kappa shape index (κ2) is 8.39. The lowest BCUT2D eigenvalue weighted by atomic mass is 9.94. The predicted molar refractivity (Wildman–Crippen MR) is 97.5 cm³/mol. The van der Waals surface area contributed by atoms with E-state index in [1.165, 1.54) is 4.90 Å². The lowest BCUT2D eigenvalue weighted by molar-refractivity contribution is -0.161. The number of hydrogen-bond acceptors (Lipinski definition) is 6. The molecule has 0 aliphatic carbocycles. The number of carbonyl (C=O) groups excluding carboxylic acids is 2. The number of hydrogen-bond donors (Lipinski definition) is 2. The van der Waals surface area contributed by atoms with Gasteiger partial charge in [-0.3, -0.25) is 4.90 Å². The molecule has 0 aromatic carbocycles. The summed E-state index contributed by atoms with van der Waals surface area (Å²) in [4.78, 5) is 26.7. The topological polar surface area (TPSA) is 96.3 Å². The molecule has 26 heavy (non-hydrogen) atoms. The van der Waals surface area contributed by atoms with Gasteiger partial charge in [0.1, 0.15) is 17.2 Å². The van der Waals surface area contributed by atoms with Crippen molar-refractivity contribution >= 4 is 12.1 Å². The van der Waals surface area contributed by atoms with Crippen LogP contribution in [-0.2, 0) is 14.3 Å². The Bertz CT molecular complexity index is 531. The fraction of sp³-hybridized carbons (Fsp3) is 0.789. The second-order valence-electron chi connectivity index (χ2n) is 8.60. The van der Waals surface area contributed by atoms with Gasteiger partial charge in [0.05, 0.1) is 18.8 Å². The molecule has 1 aliphatic rings. The number of allylic oxidation sites excluding steroid dienone is 1. The standard InChI is InChI=1S/C19H33NO6/c1-8-9-12-10-13(16(23)25-18(2,3)4)20(15(12)14(22)11-21)17(24)26-19(5,6)7/h8-9,12-15,21-22H,10-11H2,1-7H3/b9-8-/t12-,13-,14?,15-/m1/s1. The number of aliphatic hydroxyl groups is 2. The number of rotatable bonds is 4. The molecular weight excluding hydrogens is 338 g/mol. The molecule has 0 saturated carbocycles. The Labute approximate surface area is 156 Å². The molecule has 1 heterocycles. The molecule has 1 unspecified atom stereocenters. The lowest BCUT2D eigenvalue weighted by Gasteiger charge is -2.35. The van der Waals surface area contributed by atoms with Gasteiger partial charge in [-0.25, -0.2) is 9.59 Å². The quantitative estimate of drug-likeness (QED) is 0.581. The van der Waals surface area contributed by atoms with Crippen LogP contribution in [0.2, 0.25) is 0 Å². The molecule has 0 aromatic rings. The molecule has 7 nitrogen and oxygen atoms in total. The molecule has 1 saturated heterocycles. The van der Waals surface area contributed by atoms with E-state index in [0.29, 0.717) is 6.42 Å². The van der Waals surface area contributed by atoms with E-state index in [-0.39, 0.29) is 5.92 Å². The molecule has 0 spiro atoms. The summed E-state index contributed by atoms with van der Waals surface area (Å²) >= 11 is 0. The third-order valence-electron chi connectivity index (χ3n) is 3.90. The number of amides is 1. The highest BCUT2D eigenvalue weighted by molar-refractivity contribution is 5.83. The van der Waals surface area contributed by atoms with Crippen LogP contribution in [0.15, 0.2) is 12.2 Å². The van der Waals surface area contributed by atoms with Gasteiger partial charge >= 0.3 is 12.1 Å². The van der Waals surface area contributed by atoms with E-state index in [4.69, 9.17) is 9.47 Å². The zero-order chi connectivity index (χ0) is 20.3. The second-order valence-corrected chi connectivity index (χ2v) is 8.60. The fourth-order valence-electron chi connectivity index (χ4n) is 3.09. The summed E-state index contributed by atoms with van der Waals surface area (Å²) in [5.41, 5.74) is -1.47. The minimum atomic E-state index is -1.20. The monoisotopic (exact) mass is 371 g/mol. The van der Waals surface area contributed by atoms with Gasteiger partial charge in [-0.05, 0) is 54.9 Å². The SMILES string of the molecule is C/C=C\[C@@H]1C[C@H](C(=O)OC(C)(C)C)N(C(=O)OC(C)(C)C)[C@H]1C(O)CO.